The third-order valence-electron chi connectivity index (χ3n) is 11.2. The third-order valence-corrected chi connectivity index (χ3v) is 11.7. The fourth-order valence-electron chi connectivity index (χ4n) is 7.81. The SMILES string of the molecule is CC1=Nc2cccc3cccc1c23.CC1=[N+](CCC(F)(F)C(F)(F)C(F)(F)C(F)(F)F)c2cccc3cccc1c23.ClC1=C(C=[NH+]c2ccccc2)CCC/C1=C\Nc1ccccc1.[Cl-]. The van der Waals surface area contributed by atoms with Gasteiger partial charge in [0.25, 0.3) is 0 Å². The van der Waals surface area contributed by atoms with Crippen molar-refractivity contribution >= 4 is 73.5 Å². The zero-order valence-electron chi connectivity index (χ0n) is 34.9. The lowest BCUT2D eigenvalue weighted by Crippen LogP contribution is -3.00. The summed E-state index contributed by atoms with van der Waals surface area (Å²) in [6, 6.07) is 42.9. The summed E-state index contributed by atoms with van der Waals surface area (Å²) in [6.07, 6.45) is -1.55. The van der Waals surface area contributed by atoms with Gasteiger partial charge in [-0.2, -0.15) is 44.1 Å². The molecule has 6 aromatic carbocycles. The lowest BCUT2D eigenvalue weighted by Gasteiger charge is -2.33. The summed E-state index contributed by atoms with van der Waals surface area (Å²) in [5, 5.41) is 8.18. The summed E-state index contributed by atoms with van der Waals surface area (Å²) >= 11 is 6.58. The van der Waals surface area contributed by atoms with Crippen LogP contribution in [0.5, 0.6) is 0 Å². The van der Waals surface area contributed by atoms with E-state index in [2.05, 4.69) is 58.6 Å². The molecule has 0 radical (unpaired) electrons. The fourth-order valence-corrected chi connectivity index (χ4v) is 8.11. The summed E-state index contributed by atoms with van der Waals surface area (Å²) in [6.45, 7) is 2.72. The Balaban J connectivity index is 0.000000169. The molecule has 0 unspecified atom stereocenters. The molecular formula is C50H42Cl2F9N4+. The summed E-state index contributed by atoms with van der Waals surface area (Å²) in [5.41, 5.74) is 9.44. The second kappa shape index (κ2) is 19.7. The minimum Gasteiger partial charge on any atom is -1.00 e. The standard InChI is InChI=1S/C20H19ClN2.C18H13F9N.C12H9N.ClH/c21-20-16(14-22-18-10-3-1-4-11-18)8-7-9-17(20)15-23-19-12-5-2-6-13-19;1-10-12-6-2-4-11-5-3-7-13(14(11)12)28(10)9-8-15(19,20)16(21,22)17(23,24)18(25,26)27;1-8-10-6-2-4-9-5-3-7-11(13-8)12(9)10;/h1-6,10-15,22H,7-9H2;2-7H,8-9H2,1H3;2-7H,1H3;1H/q;+1;;/b16-14+,23-15?;;;. The largest absolute Gasteiger partial charge is 1.00 e. The average Bonchev–Trinajstić information content (AvgIpc) is 3.76. The van der Waals surface area contributed by atoms with E-state index in [0.29, 0.717) is 22.3 Å². The summed E-state index contributed by atoms with van der Waals surface area (Å²) in [5.74, 6) is -19.0. The maximum absolute atomic E-state index is 13.9. The second-order valence-electron chi connectivity index (χ2n) is 15.4. The number of alkyl halides is 9. The Morgan fingerprint density at radius 3 is 1.91 bits per heavy atom. The minimum absolute atomic E-state index is 0. The second-order valence-corrected chi connectivity index (χ2v) is 15.8. The monoisotopic (exact) mass is 939 g/mol. The predicted molar refractivity (Wildman–Crippen MR) is 238 cm³/mol. The van der Waals surface area contributed by atoms with E-state index in [-0.39, 0.29) is 12.4 Å². The molecule has 0 saturated carbocycles. The van der Waals surface area contributed by atoms with Crippen LogP contribution in [0.4, 0.5) is 62.3 Å². The van der Waals surface area contributed by atoms with E-state index in [4.69, 9.17) is 11.6 Å². The number of allylic oxidation sites excluding steroid dienone is 3. The molecule has 0 spiro atoms. The molecule has 9 rings (SSSR count). The zero-order chi connectivity index (χ0) is 45.9. The first-order valence-electron chi connectivity index (χ1n) is 20.4. The van der Waals surface area contributed by atoms with Gasteiger partial charge in [-0.25, -0.2) is 4.99 Å². The van der Waals surface area contributed by atoms with Crippen LogP contribution in [0, 0.1) is 0 Å². The molecule has 1 aliphatic carbocycles. The molecule has 338 valence electrons. The van der Waals surface area contributed by atoms with Gasteiger partial charge in [0.2, 0.25) is 11.4 Å². The summed E-state index contributed by atoms with van der Waals surface area (Å²) in [7, 11) is 0. The number of hydrogen-bond acceptors (Lipinski definition) is 2. The lowest BCUT2D eigenvalue weighted by molar-refractivity contribution is -0.453. The third kappa shape index (κ3) is 10.0. The summed E-state index contributed by atoms with van der Waals surface area (Å²) < 4.78 is 119. The van der Waals surface area contributed by atoms with Crippen LogP contribution in [0.1, 0.15) is 50.7 Å². The highest BCUT2D eigenvalue weighted by Gasteiger charge is 2.81. The molecular weight excluding hydrogens is 898 g/mol. The first kappa shape index (κ1) is 48.5. The van der Waals surface area contributed by atoms with Gasteiger partial charge >= 0.3 is 23.9 Å². The van der Waals surface area contributed by atoms with Gasteiger partial charge in [-0.3, -0.25) is 4.99 Å². The predicted octanol–water partition coefficient (Wildman–Crippen LogP) is 10.6. The van der Waals surface area contributed by atoms with E-state index in [0.717, 1.165) is 63.6 Å². The van der Waals surface area contributed by atoms with Gasteiger partial charge in [0, 0.05) is 59.2 Å². The van der Waals surface area contributed by atoms with Gasteiger partial charge in [-0.15, -0.1) is 0 Å². The molecule has 2 N–H and O–H groups in total. The van der Waals surface area contributed by atoms with E-state index in [1.165, 1.54) is 33.9 Å². The molecule has 6 aromatic rings. The number of benzene rings is 6. The van der Waals surface area contributed by atoms with Crippen LogP contribution in [0.15, 0.2) is 161 Å². The van der Waals surface area contributed by atoms with Crippen molar-refractivity contribution in [3.8, 4) is 0 Å². The molecule has 4 nitrogen and oxygen atoms in total. The van der Waals surface area contributed by atoms with Crippen molar-refractivity contribution in [3.63, 3.8) is 0 Å². The van der Waals surface area contributed by atoms with Crippen LogP contribution in [0.2, 0.25) is 0 Å². The molecule has 2 aliphatic heterocycles. The van der Waals surface area contributed by atoms with Crippen molar-refractivity contribution in [2.24, 2.45) is 4.99 Å². The van der Waals surface area contributed by atoms with Crippen molar-refractivity contribution in [1.29, 1.82) is 0 Å². The van der Waals surface area contributed by atoms with Crippen molar-refractivity contribution in [1.82, 2.24) is 0 Å². The first-order chi connectivity index (χ1) is 30.4. The number of nitrogens with one attached hydrogen (secondary N) is 2. The maximum Gasteiger partial charge on any atom is 0.460 e. The van der Waals surface area contributed by atoms with Gasteiger partial charge < -0.3 is 17.7 Å². The molecule has 0 atom stereocenters. The van der Waals surface area contributed by atoms with E-state index in [1.807, 2.05) is 73.1 Å². The Hall–Kier alpha value is -5.92. The van der Waals surface area contributed by atoms with Crippen molar-refractivity contribution in [2.45, 2.75) is 63.5 Å². The molecule has 2 heterocycles. The van der Waals surface area contributed by atoms with Crippen molar-refractivity contribution in [3.05, 3.63) is 167 Å². The lowest BCUT2D eigenvalue weighted by atomic mass is 9.96. The molecule has 0 saturated heterocycles. The Morgan fingerprint density at radius 1 is 0.677 bits per heavy atom. The Labute approximate surface area is 381 Å². The van der Waals surface area contributed by atoms with Crippen LogP contribution in [0.3, 0.4) is 0 Å². The molecule has 0 fully saturated rings. The number of halogens is 11. The van der Waals surface area contributed by atoms with Gasteiger partial charge in [0.15, 0.2) is 18.5 Å². The molecule has 0 bridgehead atoms. The van der Waals surface area contributed by atoms with Crippen molar-refractivity contribution < 1.29 is 61.5 Å². The van der Waals surface area contributed by atoms with Crippen LogP contribution >= 0.6 is 11.6 Å². The molecule has 65 heavy (non-hydrogen) atoms. The van der Waals surface area contributed by atoms with E-state index >= 15 is 0 Å². The van der Waals surface area contributed by atoms with Gasteiger partial charge in [0.05, 0.1) is 28.1 Å². The van der Waals surface area contributed by atoms with Gasteiger partial charge in [-0.1, -0.05) is 103 Å². The van der Waals surface area contributed by atoms with Crippen LogP contribution in [-0.4, -0.2) is 52.7 Å². The van der Waals surface area contributed by atoms with E-state index in [9.17, 15) is 39.5 Å². The van der Waals surface area contributed by atoms with Crippen molar-refractivity contribution in [2.75, 3.05) is 11.9 Å². The smallest absolute Gasteiger partial charge is 0.460 e. The van der Waals surface area contributed by atoms with E-state index < -0.39 is 36.9 Å². The molecule has 15 heteroatoms. The van der Waals surface area contributed by atoms with Crippen LogP contribution in [-0.2, 0) is 0 Å². The molecule has 0 aromatic heterocycles. The quantitative estimate of drug-likeness (QED) is 0.0847. The Kier molecular flexibility index (Phi) is 14.7. The molecule has 0 amide bonds. The van der Waals surface area contributed by atoms with Crippen LogP contribution in [0.25, 0.3) is 21.5 Å². The Morgan fingerprint density at radius 2 is 1.26 bits per heavy atom. The normalized spacial score (nSPS) is 15.4. The maximum atomic E-state index is 13.9. The van der Waals surface area contributed by atoms with Gasteiger partial charge in [0.1, 0.15) is 0 Å². The fraction of sp³-hybridized carbons (Fsp3) is 0.220. The van der Waals surface area contributed by atoms with E-state index in [1.54, 1.807) is 30.3 Å². The number of hydrogen-bond donors (Lipinski definition) is 2. The number of para-hydroxylation sites is 2. The summed E-state index contributed by atoms with van der Waals surface area (Å²) in [4.78, 5) is 7.84. The highest BCUT2D eigenvalue weighted by Crippen LogP contribution is 2.54. The average molecular weight is 941 g/mol. The zero-order valence-corrected chi connectivity index (χ0v) is 36.5. The Bertz CT molecular complexity index is 2820. The highest BCUT2D eigenvalue weighted by atomic mass is 35.5. The topological polar surface area (TPSA) is 41.4 Å². The number of anilines is 1. The molecule has 3 aliphatic rings. The number of nitrogens with zero attached hydrogens (tertiary/aromatic N) is 2. The first-order valence-corrected chi connectivity index (χ1v) is 20.7. The highest BCUT2D eigenvalue weighted by molar-refractivity contribution is 6.33. The van der Waals surface area contributed by atoms with Gasteiger partial charge in [-0.05, 0) is 66.8 Å². The minimum atomic E-state index is -6.86. The number of aliphatic imine (C=N–C) groups is 1. The number of rotatable bonds is 9. The van der Waals surface area contributed by atoms with Crippen LogP contribution < -0.4 is 22.7 Å².